The van der Waals surface area contributed by atoms with Gasteiger partial charge in [-0.3, -0.25) is 0 Å². The number of ether oxygens (including phenoxy) is 5. The molecule has 1 atom stereocenters. The van der Waals surface area contributed by atoms with Crippen molar-refractivity contribution in [3.63, 3.8) is 0 Å². The van der Waals surface area contributed by atoms with E-state index < -0.39 is 0 Å². The minimum atomic E-state index is -0.167. The van der Waals surface area contributed by atoms with Crippen LogP contribution in [0.25, 0.3) is 0 Å². The van der Waals surface area contributed by atoms with Gasteiger partial charge in [-0.2, -0.15) is 5.10 Å². The van der Waals surface area contributed by atoms with Crippen LogP contribution in [0.5, 0.6) is 34.5 Å². The third-order valence-electron chi connectivity index (χ3n) is 4.66. The van der Waals surface area contributed by atoms with Crippen LogP contribution in [0.4, 0.5) is 0 Å². The van der Waals surface area contributed by atoms with E-state index in [4.69, 9.17) is 23.7 Å². The average Bonchev–Trinajstić information content (AvgIpc) is 3.35. The first kappa shape index (κ1) is 17.1. The molecule has 0 bridgehead atoms. The lowest BCUT2D eigenvalue weighted by Gasteiger charge is -2.18. The van der Waals surface area contributed by atoms with Crippen molar-refractivity contribution >= 4 is 5.71 Å². The summed E-state index contributed by atoms with van der Waals surface area (Å²) in [5.41, 5.74) is 5.33. The number of rotatable bonds is 5. The molecular weight excluding hydrogens is 352 g/mol. The SMILES string of the molecule is COc1ccc(C2=NN[C@@H](c3cc4c(c(OC)c3OC)OCO4)C2)c(O)c1. The Morgan fingerprint density at radius 1 is 1.07 bits per heavy atom. The van der Waals surface area contributed by atoms with Crippen LogP contribution in [0.1, 0.15) is 23.6 Å². The zero-order valence-corrected chi connectivity index (χ0v) is 15.2. The smallest absolute Gasteiger partial charge is 0.231 e. The van der Waals surface area contributed by atoms with E-state index in [2.05, 4.69) is 10.5 Å². The second kappa shape index (κ2) is 6.79. The van der Waals surface area contributed by atoms with Crippen LogP contribution in [0.3, 0.4) is 0 Å². The summed E-state index contributed by atoms with van der Waals surface area (Å²) < 4.78 is 27.2. The highest BCUT2D eigenvalue weighted by molar-refractivity contribution is 6.04. The number of fused-ring (bicyclic) bond motifs is 1. The second-order valence-electron chi connectivity index (χ2n) is 6.09. The van der Waals surface area contributed by atoms with Gasteiger partial charge in [-0.15, -0.1) is 0 Å². The van der Waals surface area contributed by atoms with E-state index in [-0.39, 0.29) is 18.6 Å². The zero-order valence-electron chi connectivity index (χ0n) is 15.2. The topological polar surface area (TPSA) is 90.8 Å². The fourth-order valence-corrected chi connectivity index (χ4v) is 3.34. The van der Waals surface area contributed by atoms with Gasteiger partial charge in [0.05, 0.1) is 33.1 Å². The molecule has 0 fully saturated rings. The fourth-order valence-electron chi connectivity index (χ4n) is 3.34. The van der Waals surface area contributed by atoms with E-state index in [0.717, 1.165) is 11.3 Å². The van der Waals surface area contributed by atoms with Gasteiger partial charge in [0.2, 0.25) is 18.3 Å². The summed E-state index contributed by atoms with van der Waals surface area (Å²) in [5, 5.41) is 14.7. The molecule has 0 unspecified atom stereocenters. The number of methoxy groups -OCH3 is 3. The Hall–Kier alpha value is -3.29. The standard InChI is InChI=1S/C19H20N2O6/c1-23-10-4-5-11(15(22)6-10)13-8-14(21-20-13)12-7-16-18(27-9-26-16)19(25-3)17(12)24-2/h4-7,14,21-22H,8-9H2,1-3H3/t14-/m1/s1. The molecular formula is C19H20N2O6. The molecule has 27 heavy (non-hydrogen) atoms. The number of hydrogen-bond donors (Lipinski definition) is 2. The molecule has 0 spiro atoms. The molecule has 2 heterocycles. The number of aromatic hydroxyl groups is 1. The number of phenols is 1. The van der Waals surface area contributed by atoms with Gasteiger partial charge in [0.1, 0.15) is 11.5 Å². The Morgan fingerprint density at radius 2 is 1.89 bits per heavy atom. The third-order valence-corrected chi connectivity index (χ3v) is 4.66. The lowest BCUT2D eigenvalue weighted by molar-refractivity contribution is 0.170. The van der Waals surface area contributed by atoms with E-state index in [0.29, 0.717) is 40.7 Å². The number of benzene rings is 2. The molecule has 4 rings (SSSR count). The van der Waals surface area contributed by atoms with E-state index in [1.165, 1.54) is 0 Å². The number of nitrogens with one attached hydrogen (secondary N) is 1. The Kier molecular flexibility index (Phi) is 4.31. The quantitative estimate of drug-likeness (QED) is 0.834. The predicted octanol–water partition coefficient (Wildman–Crippen LogP) is 2.59. The summed E-state index contributed by atoms with van der Waals surface area (Å²) in [6.45, 7) is 0.137. The van der Waals surface area contributed by atoms with Crippen molar-refractivity contribution in [3.8, 4) is 34.5 Å². The van der Waals surface area contributed by atoms with Crippen LogP contribution in [0, 0.1) is 0 Å². The molecule has 2 aromatic rings. The lowest BCUT2D eigenvalue weighted by atomic mass is 9.97. The summed E-state index contributed by atoms with van der Waals surface area (Å²) >= 11 is 0. The van der Waals surface area contributed by atoms with Crippen molar-refractivity contribution in [1.29, 1.82) is 0 Å². The van der Waals surface area contributed by atoms with Crippen molar-refractivity contribution in [1.82, 2.24) is 5.43 Å². The highest BCUT2D eigenvalue weighted by atomic mass is 16.7. The largest absolute Gasteiger partial charge is 0.507 e. The minimum Gasteiger partial charge on any atom is -0.507 e. The van der Waals surface area contributed by atoms with Gasteiger partial charge in [-0.05, 0) is 18.2 Å². The second-order valence-corrected chi connectivity index (χ2v) is 6.09. The molecule has 2 aromatic carbocycles. The molecule has 142 valence electrons. The third kappa shape index (κ3) is 2.83. The van der Waals surface area contributed by atoms with E-state index in [9.17, 15) is 5.11 Å². The minimum absolute atomic E-state index is 0.116. The summed E-state index contributed by atoms with van der Waals surface area (Å²) in [6.07, 6.45) is 0.555. The maximum atomic E-state index is 10.3. The molecule has 2 aliphatic heterocycles. The number of hydrazone groups is 1. The number of nitrogens with zero attached hydrogens (tertiary/aromatic N) is 1. The van der Waals surface area contributed by atoms with Crippen LogP contribution in [0.15, 0.2) is 29.4 Å². The highest BCUT2D eigenvalue weighted by Gasteiger charge is 2.32. The van der Waals surface area contributed by atoms with Gasteiger partial charge in [0.25, 0.3) is 0 Å². The Labute approximate surface area is 156 Å². The van der Waals surface area contributed by atoms with Crippen LogP contribution in [-0.4, -0.2) is 38.9 Å². The van der Waals surface area contributed by atoms with E-state index >= 15 is 0 Å². The highest BCUT2D eigenvalue weighted by Crippen LogP contribution is 2.51. The zero-order chi connectivity index (χ0) is 19.0. The van der Waals surface area contributed by atoms with Crippen molar-refractivity contribution in [2.24, 2.45) is 5.10 Å². The Balaban J connectivity index is 1.66. The van der Waals surface area contributed by atoms with Gasteiger partial charge in [0, 0.05) is 23.6 Å². The summed E-state index contributed by atoms with van der Waals surface area (Å²) in [6, 6.07) is 6.84. The van der Waals surface area contributed by atoms with Gasteiger partial charge in [-0.1, -0.05) is 0 Å². The maximum absolute atomic E-state index is 10.3. The van der Waals surface area contributed by atoms with E-state index in [1.54, 1.807) is 39.5 Å². The van der Waals surface area contributed by atoms with Gasteiger partial charge in [-0.25, -0.2) is 0 Å². The normalized spacial score (nSPS) is 17.3. The van der Waals surface area contributed by atoms with Crippen molar-refractivity contribution in [2.45, 2.75) is 12.5 Å². The number of phenolic OH excluding ortho intramolecular Hbond substituents is 1. The molecule has 0 amide bonds. The average molecular weight is 372 g/mol. The summed E-state index contributed by atoms with van der Waals surface area (Å²) in [4.78, 5) is 0. The molecule has 0 aliphatic carbocycles. The lowest BCUT2D eigenvalue weighted by Crippen LogP contribution is -2.12. The number of hydrogen-bond acceptors (Lipinski definition) is 8. The molecule has 8 heteroatoms. The van der Waals surface area contributed by atoms with Crippen molar-refractivity contribution < 1.29 is 28.8 Å². The summed E-state index contributed by atoms with van der Waals surface area (Å²) in [7, 11) is 4.69. The molecule has 2 aliphatic rings. The van der Waals surface area contributed by atoms with Crippen molar-refractivity contribution in [2.75, 3.05) is 28.1 Å². The fraction of sp³-hybridized carbons (Fsp3) is 0.316. The van der Waals surface area contributed by atoms with Crippen LogP contribution < -0.4 is 29.1 Å². The van der Waals surface area contributed by atoms with Crippen LogP contribution >= 0.6 is 0 Å². The van der Waals surface area contributed by atoms with Gasteiger partial charge < -0.3 is 34.2 Å². The molecule has 8 nitrogen and oxygen atoms in total. The van der Waals surface area contributed by atoms with Crippen LogP contribution in [-0.2, 0) is 0 Å². The molecule has 0 saturated carbocycles. The monoisotopic (exact) mass is 372 g/mol. The van der Waals surface area contributed by atoms with Gasteiger partial charge in [0.15, 0.2) is 11.5 Å². The Bertz CT molecular complexity index is 912. The first-order valence-electron chi connectivity index (χ1n) is 8.40. The molecule has 0 radical (unpaired) electrons. The summed E-state index contributed by atoms with van der Waals surface area (Å²) in [5.74, 6) is 2.89. The van der Waals surface area contributed by atoms with E-state index in [1.807, 2.05) is 6.07 Å². The molecule has 0 saturated heterocycles. The Morgan fingerprint density at radius 3 is 2.59 bits per heavy atom. The molecule has 2 N–H and O–H groups in total. The molecule has 0 aromatic heterocycles. The predicted molar refractivity (Wildman–Crippen MR) is 97.4 cm³/mol. The van der Waals surface area contributed by atoms with Gasteiger partial charge >= 0.3 is 0 Å². The van der Waals surface area contributed by atoms with Crippen LogP contribution in [0.2, 0.25) is 0 Å². The first-order valence-corrected chi connectivity index (χ1v) is 8.40. The first-order chi connectivity index (χ1) is 13.2. The van der Waals surface area contributed by atoms with Crippen molar-refractivity contribution in [3.05, 3.63) is 35.4 Å². The maximum Gasteiger partial charge on any atom is 0.231 e.